The van der Waals surface area contributed by atoms with Gasteiger partial charge in [0.25, 0.3) is 0 Å². The molecule has 3 rings (SSSR count). The quantitative estimate of drug-likeness (QED) is 0.575. The van der Waals surface area contributed by atoms with Crippen LogP contribution in [-0.2, 0) is 9.53 Å². The molecule has 0 aliphatic heterocycles. The molecule has 2 N–H and O–H groups in total. The minimum atomic E-state index is -0.996. The molecule has 4 heteroatoms. The number of allylic oxidation sites excluding steroid dienone is 1. The largest absolute Gasteiger partial charge is 0.469 e. The third-order valence-corrected chi connectivity index (χ3v) is 6.94. The van der Waals surface area contributed by atoms with E-state index in [4.69, 9.17) is 4.74 Å². The van der Waals surface area contributed by atoms with Crippen LogP contribution in [0.3, 0.4) is 0 Å². The lowest BCUT2D eigenvalue weighted by molar-refractivity contribution is -0.189. The normalized spacial score (nSPS) is 45.8. The maximum Gasteiger partial charge on any atom is 0.314 e. The van der Waals surface area contributed by atoms with Crippen molar-refractivity contribution < 1.29 is 19.7 Å². The minimum Gasteiger partial charge on any atom is -0.469 e. The molecule has 3 fully saturated rings. The summed E-state index contributed by atoms with van der Waals surface area (Å²) in [6, 6.07) is 0. The Bertz CT molecular complexity index is 521. The maximum atomic E-state index is 12.9. The van der Waals surface area contributed by atoms with E-state index in [0.29, 0.717) is 19.3 Å². The fourth-order valence-corrected chi connectivity index (χ4v) is 6.10. The van der Waals surface area contributed by atoms with Crippen LogP contribution < -0.4 is 0 Å². The SMILES string of the molecule is C=C1CC(C)(C)C[C@@H](O)[C@]2(C(=O)OC)CCC[C@]13CC[C@H](O)[C@H]32. The van der Waals surface area contributed by atoms with Crippen molar-refractivity contribution in [1.29, 1.82) is 0 Å². The monoisotopic (exact) mass is 322 g/mol. The zero-order valence-corrected chi connectivity index (χ0v) is 14.6. The van der Waals surface area contributed by atoms with E-state index in [-0.39, 0.29) is 22.7 Å². The van der Waals surface area contributed by atoms with Crippen molar-refractivity contribution in [1.82, 2.24) is 0 Å². The predicted octanol–water partition coefficient (Wildman–Crippen LogP) is 2.82. The standard InChI is InChI=1S/C19H30O4/c1-12-10-17(2,3)11-14(21)19(16(22)23-4)8-5-7-18(12)9-6-13(20)15(18)19/h13-15,20-21H,1,5-11H2,2-4H3/t13-,14+,15+,18-,19+/m0/s1. The molecule has 0 heterocycles. The summed E-state index contributed by atoms with van der Waals surface area (Å²) in [4.78, 5) is 12.9. The molecule has 0 aromatic rings. The maximum absolute atomic E-state index is 12.9. The number of ether oxygens (including phenoxy) is 1. The molecule has 0 unspecified atom stereocenters. The molecule has 0 spiro atoms. The molecule has 3 aliphatic carbocycles. The highest BCUT2D eigenvalue weighted by atomic mass is 16.5. The van der Waals surface area contributed by atoms with Crippen LogP contribution in [-0.4, -0.2) is 35.5 Å². The third-order valence-electron chi connectivity index (χ3n) is 6.94. The Kier molecular flexibility index (Phi) is 3.92. The van der Waals surface area contributed by atoms with Crippen LogP contribution in [0.4, 0.5) is 0 Å². The van der Waals surface area contributed by atoms with Crippen molar-refractivity contribution in [3.63, 3.8) is 0 Å². The van der Waals surface area contributed by atoms with Gasteiger partial charge in [-0.05, 0) is 49.4 Å². The summed E-state index contributed by atoms with van der Waals surface area (Å²) in [5.74, 6) is -0.625. The molecule has 3 saturated carbocycles. The summed E-state index contributed by atoms with van der Waals surface area (Å²) in [7, 11) is 1.39. The fraction of sp³-hybridized carbons (Fsp3) is 0.842. The number of hydrogen-bond donors (Lipinski definition) is 2. The van der Waals surface area contributed by atoms with Gasteiger partial charge in [0.2, 0.25) is 0 Å². The van der Waals surface area contributed by atoms with E-state index < -0.39 is 17.6 Å². The summed E-state index contributed by atoms with van der Waals surface area (Å²) >= 11 is 0. The molecule has 0 radical (unpaired) electrons. The first-order valence-electron chi connectivity index (χ1n) is 8.82. The second-order valence-electron chi connectivity index (χ2n) is 8.79. The lowest BCUT2D eigenvalue weighted by atomic mass is 9.47. The average molecular weight is 322 g/mol. The number of aliphatic hydroxyl groups excluding tert-OH is 2. The van der Waals surface area contributed by atoms with E-state index in [1.54, 1.807) is 0 Å². The van der Waals surface area contributed by atoms with Gasteiger partial charge in [0.15, 0.2) is 0 Å². The Morgan fingerprint density at radius 1 is 1.26 bits per heavy atom. The summed E-state index contributed by atoms with van der Waals surface area (Å²) < 4.78 is 5.15. The number of esters is 1. The van der Waals surface area contributed by atoms with Crippen LogP contribution >= 0.6 is 0 Å². The number of aliphatic hydroxyl groups is 2. The topological polar surface area (TPSA) is 66.8 Å². The van der Waals surface area contributed by atoms with Gasteiger partial charge in [0, 0.05) is 5.92 Å². The lowest BCUT2D eigenvalue weighted by Gasteiger charge is -2.57. The van der Waals surface area contributed by atoms with Crippen molar-refractivity contribution in [3.05, 3.63) is 12.2 Å². The highest BCUT2D eigenvalue weighted by Gasteiger charge is 2.67. The van der Waals surface area contributed by atoms with E-state index in [1.165, 1.54) is 7.11 Å². The smallest absolute Gasteiger partial charge is 0.314 e. The van der Waals surface area contributed by atoms with Crippen molar-refractivity contribution >= 4 is 5.97 Å². The Morgan fingerprint density at radius 2 is 1.96 bits per heavy atom. The number of rotatable bonds is 1. The Balaban J connectivity index is 2.20. The van der Waals surface area contributed by atoms with Crippen molar-refractivity contribution in [2.75, 3.05) is 7.11 Å². The summed E-state index contributed by atoms with van der Waals surface area (Å²) in [5.41, 5.74) is -0.184. The van der Waals surface area contributed by atoms with Gasteiger partial charge in [0.1, 0.15) is 0 Å². The third kappa shape index (κ3) is 2.21. The van der Waals surface area contributed by atoms with E-state index >= 15 is 0 Å². The zero-order chi connectivity index (χ0) is 17.0. The van der Waals surface area contributed by atoms with Crippen LogP contribution in [0.15, 0.2) is 12.2 Å². The van der Waals surface area contributed by atoms with Gasteiger partial charge >= 0.3 is 5.97 Å². The Hall–Kier alpha value is -0.870. The van der Waals surface area contributed by atoms with Gasteiger partial charge < -0.3 is 14.9 Å². The van der Waals surface area contributed by atoms with Crippen LogP contribution in [0.25, 0.3) is 0 Å². The lowest BCUT2D eigenvalue weighted by Crippen LogP contribution is -2.60. The average Bonchev–Trinajstić information content (AvgIpc) is 2.83. The molecule has 0 amide bonds. The predicted molar refractivity (Wildman–Crippen MR) is 87.6 cm³/mol. The van der Waals surface area contributed by atoms with Crippen molar-refractivity contribution in [2.24, 2.45) is 22.2 Å². The Morgan fingerprint density at radius 3 is 2.61 bits per heavy atom. The van der Waals surface area contributed by atoms with Crippen LogP contribution in [0.5, 0.6) is 0 Å². The second-order valence-corrected chi connectivity index (χ2v) is 8.79. The number of hydrogen-bond acceptors (Lipinski definition) is 4. The minimum absolute atomic E-state index is 0.112. The summed E-state index contributed by atoms with van der Waals surface area (Å²) in [6.45, 7) is 8.66. The van der Waals surface area contributed by atoms with Crippen LogP contribution in [0.2, 0.25) is 0 Å². The zero-order valence-electron chi connectivity index (χ0n) is 14.6. The molecule has 5 atom stereocenters. The van der Waals surface area contributed by atoms with Crippen LogP contribution in [0, 0.1) is 22.2 Å². The van der Waals surface area contributed by atoms with E-state index in [2.05, 4.69) is 20.4 Å². The number of methoxy groups -OCH3 is 1. The molecule has 3 aliphatic rings. The molecule has 0 saturated heterocycles. The van der Waals surface area contributed by atoms with Gasteiger partial charge in [-0.15, -0.1) is 0 Å². The fourth-order valence-electron chi connectivity index (χ4n) is 6.10. The van der Waals surface area contributed by atoms with Gasteiger partial charge in [-0.1, -0.05) is 32.4 Å². The van der Waals surface area contributed by atoms with E-state index in [1.807, 2.05) is 0 Å². The molecule has 130 valence electrons. The second kappa shape index (κ2) is 5.32. The van der Waals surface area contributed by atoms with Gasteiger partial charge in [-0.2, -0.15) is 0 Å². The van der Waals surface area contributed by atoms with E-state index in [9.17, 15) is 15.0 Å². The molecule has 0 aromatic heterocycles. The van der Waals surface area contributed by atoms with Crippen molar-refractivity contribution in [2.45, 2.75) is 71.0 Å². The van der Waals surface area contributed by atoms with Gasteiger partial charge in [-0.3, -0.25) is 4.79 Å². The van der Waals surface area contributed by atoms with Gasteiger partial charge in [0.05, 0.1) is 24.7 Å². The molecular formula is C19H30O4. The summed E-state index contributed by atoms with van der Waals surface area (Å²) in [5, 5.41) is 21.9. The van der Waals surface area contributed by atoms with E-state index in [0.717, 1.165) is 31.3 Å². The first kappa shape index (κ1) is 17.0. The van der Waals surface area contributed by atoms with Crippen LogP contribution in [0.1, 0.15) is 58.8 Å². The molecule has 2 bridgehead atoms. The number of carbonyl (C=O) groups is 1. The van der Waals surface area contributed by atoms with Gasteiger partial charge in [-0.25, -0.2) is 0 Å². The first-order valence-corrected chi connectivity index (χ1v) is 8.82. The molecular weight excluding hydrogens is 292 g/mol. The number of carbonyl (C=O) groups excluding carboxylic acids is 1. The first-order chi connectivity index (χ1) is 10.7. The molecule has 0 aromatic carbocycles. The molecule has 23 heavy (non-hydrogen) atoms. The highest BCUT2D eigenvalue weighted by Crippen LogP contribution is 2.67. The summed E-state index contributed by atoms with van der Waals surface area (Å²) in [6.07, 6.45) is 3.97. The molecule has 4 nitrogen and oxygen atoms in total. The van der Waals surface area contributed by atoms with Crippen molar-refractivity contribution in [3.8, 4) is 0 Å². The highest BCUT2D eigenvalue weighted by molar-refractivity contribution is 5.79. The Labute approximate surface area is 138 Å².